The molecular weight excluding hydrogens is 350 g/mol. The summed E-state index contributed by atoms with van der Waals surface area (Å²) in [6.45, 7) is 2.78. The van der Waals surface area contributed by atoms with Crippen molar-refractivity contribution in [3.8, 4) is 5.82 Å². The Balaban J connectivity index is 1.38. The molecule has 9 heteroatoms. The third-order valence-corrected chi connectivity index (χ3v) is 4.98. The van der Waals surface area contributed by atoms with Crippen molar-refractivity contribution in [1.29, 1.82) is 0 Å². The number of nitrogens with zero attached hydrogens (tertiary/aromatic N) is 7. The van der Waals surface area contributed by atoms with Crippen LogP contribution < -0.4 is 4.90 Å². The van der Waals surface area contributed by atoms with E-state index < -0.39 is 0 Å². The molecule has 132 valence electrons. The van der Waals surface area contributed by atoms with Gasteiger partial charge in [0.25, 0.3) is 0 Å². The number of carbonyl (C=O) groups excluding carboxylic acids is 1. The van der Waals surface area contributed by atoms with Crippen LogP contribution in [0.15, 0.2) is 48.6 Å². The first-order chi connectivity index (χ1) is 12.8. The van der Waals surface area contributed by atoms with Crippen LogP contribution in [0, 0.1) is 0 Å². The number of hydrogen-bond donors (Lipinski definition) is 0. The highest BCUT2D eigenvalue weighted by atomic mass is 32.1. The van der Waals surface area contributed by atoms with E-state index in [-0.39, 0.29) is 5.91 Å². The summed E-state index contributed by atoms with van der Waals surface area (Å²) in [6, 6.07) is 5.85. The quantitative estimate of drug-likeness (QED) is 0.650. The Morgan fingerprint density at radius 2 is 1.96 bits per heavy atom. The lowest BCUT2D eigenvalue weighted by molar-refractivity contribution is -0.126. The van der Waals surface area contributed by atoms with E-state index in [2.05, 4.69) is 25.0 Å². The molecule has 3 aromatic heterocycles. The fourth-order valence-corrected chi connectivity index (χ4v) is 3.38. The van der Waals surface area contributed by atoms with Crippen LogP contribution >= 0.6 is 11.3 Å². The molecule has 0 aromatic carbocycles. The molecule has 0 unspecified atom stereocenters. The summed E-state index contributed by atoms with van der Waals surface area (Å²) in [5.41, 5.74) is 0. The van der Waals surface area contributed by atoms with E-state index in [1.807, 2.05) is 34.6 Å². The topological polar surface area (TPSA) is 80.0 Å². The molecule has 0 atom stereocenters. The number of amides is 1. The molecule has 1 aliphatic rings. The first-order valence-corrected chi connectivity index (χ1v) is 9.10. The van der Waals surface area contributed by atoms with Crippen LogP contribution in [0.5, 0.6) is 0 Å². The Morgan fingerprint density at radius 1 is 1.12 bits per heavy atom. The van der Waals surface area contributed by atoms with E-state index in [1.54, 1.807) is 28.4 Å². The number of aromatic nitrogens is 5. The first-order valence-electron chi connectivity index (χ1n) is 8.22. The first kappa shape index (κ1) is 16.4. The summed E-state index contributed by atoms with van der Waals surface area (Å²) in [4.78, 5) is 29.9. The monoisotopic (exact) mass is 367 g/mol. The predicted octanol–water partition coefficient (Wildman–Crippen LogP) is 1.48. The normalized spacial score (nSPS) is 14.9. The molecule has 4 heterocycles. The van der Waals surface area contributed by atoms with Gasteiger partial charge in [-0.15, -0.1) is 11.3 Å². The molecule has 0 aliphatic carbocycles. The van der Waals surface area contributed by atoms with Crippen LogP contribution in [0.2, 0.25) is 0 Å². The minimum absolute atomic E-state index is 0.0454. The summed E-state index contributed by atoms with van der Waals surface area (Å²) in [5.74, 6) is 1.54. The standard InChI is InChI=1S/C17H17N7OS/c25-17(4-3-14-2-1-9-26-14)23-7-5-22(6-8-23)15-10-16(20-12-19-15)24-13-18-11-21-24/h1-4,9-13H,5-8H2. The molecule has 0 spiro atoms. The molecular formula is C17H17N7OS. The fourth-order valence-electron chi connectivity index (χ4n) is 2.76. The summed E-state index contributed by atoms with van der Waals surface area (Å²) in [5, 5.41) is 6.08. The zero-order valence-electron chi connectivity index (χ0n) is 14.0. The van der Waals surface area contributed by atoms with Crippen molar-refractivity contribution in [3.05, 3.63) is 53.5 Å². The Morgan fingerprint density at radius 3 is 2.69 bits per heavy atom. The molecule has 8 nitrogen and oxygen atoms in total. The maximum Gasteiger partial charge on any atom is 0.246 e. The van der Waals surface area contributed by atoms with Gasteiger partial charge < -0.3 is 9.80 Å². The lowest BCUT2D eigenvalue weighted by Gasteiger charge is -2.34. The summed E-state index contributed by atoms with van der Waals surface area (Å²) < 4.78 is 1.60. The van der Waals surface area contributed by atoms with Gasteiger partial charge in [-0.1, -0.05) is 6.07 Å². The second kappa shape index (κ2) is 7.44. The highest BCUT2D eigenvalue weighted by Gasteiger charge is 2.21. The fraction of sp³-hybridized carbons (Fsp3) is 0.235. The van der Waals surface area contributed by atoms with Gasteiger partial charge in [0, 0.05) is 43.2 Å². The van der Waals surface area contributed by atoms with Gasteiger partial charge in [-0.05, 0) is 17.5 Å². The minimum atomic E-state index is 0.0454. The molecule has 0 bridgehead atoms. The summed E-state index contributed by atoms with van der Waals surface area (Å²) >= 11 is 1.62. The van der Waals surface area contributed by atoms with Crippen LogP contribution in [0.1, 0.15) is 4.88 Å². The van der Waals surface area contributed by atoms with Gasteiger partial charge in [-0.3, -0.25) is 4.79 Å². The third-order valence-electron chi connectivity index (χ3n) is 4.14. The average Bonchev–Trinajstić information content (AvgIpc) is 3.40. The van der Waals surface area contributed by atoms with Gasteiger partial charge >= 0.3 is 0 Å². The Hall–Kier alpha value is -3.07. The van der Waals surface area contributed by atoms with Gasteiger partial charge in [0.15, 0.2) is 5.82 Å². The van der Waals surface area contributed by atoms with Gasteiger partial charge in [0.2, 0.25) is 5.91 Å². The Bertz CT molecular complexity index is 884. The van der Waals surface area contributed by atoms with Crippen molar-refractivity contribution in [2.75, 3.05) is 31.1 Å². The summed E-state index contributed by atoms with van der Waals surface area (Å²) in [7, 11) is 0. The molecule has 0 saturated carbocycles. The number of piperazine rings is 1. The van der Waals surface area contributed by atoms with Crippen molar-refractivity contribution >= 4 is 29.1 Å². The van der Waals surface area contributed by atoms with Crippen LogP contribution in [0.3, 0.4) is 0 Å². The SMILES string of the molecule is O=C(C=Cc1cccs1)N1CCN(c2cc(-n3cncn3)ncn2)CC1. The molecule has 1 amide bonds. The Labute approximate surface area is 154 Å². The minimum Gasteiger partial charge on any atom is -0.353 e. The molecule has 1 saturated heterocycles. The molecule has 4 rings (SSSR count). The van der Waals surface area contributed by atoms with Crippen LogP contribution in [-0.2, 0) is 4.79 Å². The van der Waals surface area contributed by atoms with E-state index in [9.17, 15) is 4.79 Å². The summed E-state index contributed by atoms with van der Waals surface area (Å²) in [6.07, 6.45) is 8.11. The van der Waals surface area contributed by atoms with Gasteiger partial charge in [-0.25, -0.2) is 19.6 Å². The molecule has 0 N–H and O–H groups in total. The maximum atomic E-state index is 12.3. The second-order valence-corrected chi connectivity index (χ2v) is 6.71. The van der Waals surface area contributed by atoms with Gasteiger partial charge in [-0.2, -0.15) is 5.10 Å². The lowest BCUT2D eigenvalue weighted by Crippen LogP contribution is -2.48. The number of carbonyl (C=O) groups is 1. The second-order valence-electron chi connectivity index (χ2n) is 5.74. The van der Waals surface area contributed by atoms with Crippen molar-refractivity contribution in [3.63, 3.8) is 0 Å². The zero-order chi connectivity index (χ0) is 17.8. The van der Waals surface area contributed by atoms with E-state index in [0.29, 0.717) is 18.9 Å². The number of rotatable bonds is 4. The predicted molar refractivity (Wildman–Crippen MR) is 99.1 cm³/mol. The molecule has 1 fully saturated rings. The van der Waals surface area contributed by atoms with Crippen LogP contribution in [0.4, 0.5) is 5.82 Å². The van der Waals surface area contributed by atoms with E-state index in [4.69, 9.17) is 0 Å². The van der Waals surface area contributed by atoms with Gasteiger partial charge in [0.1, 0.15) is 24.8 Å². The zero-order valence-corrected chi connectivity index (χ0v) is 14.8. The molecule has 0 radical (unpaired) electrons. The smallest absolute Gasteiger partial charge is 0.246 e. The van der Waals surface area contributed by atoms with E-state index in [1.165, 1.54) is 12.7 Å². The van der Waals surface area contributed by atoms with E-state index >= 15 is 0 Å². The van der Waals surface area contributed by atoms with Crippen molar-refractivity contribution in [1.82, 2.24) is 29.6 Å². The van der Waals surface area contributed by atoms with Gasteiger partial charge in [0.05, 0.1) is 0 Å². The van der Waals surface area contributed by atoms with Crippen molar-refractivity contribution in [2.45, 2.75) is 0 Å². The molecule has 3 aromatic rings. The number of thiophene rings is 1. The van der Waals surface area contributed by atoms with Crippen molar-refractivity contribution < 1.29 is 4.79 Å². The molecule has 1 aliphatic heterocycles. The van der Waals surface area contributed by atoms with Crippen LogP contribution in [-0.4, -0.2) is 61.7 Å². The Kier molecular flexibility index (Phi) is 4.69. The number of anilines is 1. The van der Waals surface area contributed by atoms with Crippen molar-refractivity contribution in [2.24, 2.45) is 0 Å². The maximum absolute atomic E-state index is 12.3. The average molecular weight is 367 g/mol. The van der Waals surface area contributed by atoms with E-state index in [0.717, 1.165) is 23.8 Å². The highest BCUT2D eigenvalue weighted by Crippen LogP contribution is 2.16. The lowest BCUT2D eigenvalue weighted by atomic mass is 10.3. The largest absolute Gasteiger partial charge is 0.353 e. The van der Waals surface area contributed by atoms with Crippen LogP contribution in [0.25, 0.3) is 11.9 Å². The third kappa shape index (κ3) is 3.62. The highest BCUT2D eigenvalue weighted by molar-refractivity contribution is 7.10. The number of hydrogen-bond acceptors (Lipinski definition) is 7. The molecule has 26 heavy (non-hydrogen) atoms.